The summed E-state index contributed by atoms with van der Waals surface area (Å²) >= 11 is 0. The van der Waals surface area contributed by atoms with Gasteiger partial charge in [-0.2, -0.15) is 0 Å². The van der Waals surface area contributed by atoms with Gasteiger partial charge in [0, 0.05) is 24.8 Å². The standard InChI is InChI=1S/C16H28N2O2.C13H24O2.C3H4N2/c1-12(2)15-5-4-13(3)8-16(15)20-10-14(19)9-18-7-6-17-11-18;1-9(2)12-5-4-10(3)6-13(12)15-8-11-7-14-11;1-2-5-3-4-1/h6-7,11-16,19H,4-5,8-10H2,1-3H3;9-13H,4-8H2,1-3H3;1-3H,(H,4,5). The second kappa shape index (κ2) is 17.3. The summed E-state index contributed by atoms with van der Waals surface area (Å²) in [6, 6.07) is 0. The van der Waals surface area contributed by atoms with Crippen molar-refractivity contribution >= 4 is 0 Å². The van der Waals surface area contributed by atoms with E-state index in [-0.39, 0.29) is 0 Å². The average Bonchev–Trinajstić information content (AvgIpc) is 3.30. The van der Waals surface area contributed by atoms with Gasteiger partial charge in [0.05, 0.1) is 57.3 Å². The molecule has 8 unspecified atom stereocenters. The van der Waals surface area contributed by atoms with E-state index in [9.17, 15) is 5.11 Å². The highest BCUT2D eigenvalue weighted by molar-refractivity contribution is 4.83. The van der Waals surface area contributed by atoms with Crippen LogP contribution in [-0.4, -0.2) is 68.9 Å². The highest BCUT2D eigenvalue weighted by atomic mass is 16.6. The van der Waals surface area contributed by atoms with Crippen molar-refractivity contribution in [2.75, 3.05) is 19.8 Å². The van der Waals surface area contributed by atoms with Crippen LogP contribution in [0.5, 0.6) is 0 Å². The number of aliphatic hydroxyl groups excluding tert-OH is 1. The molecule has 0 bridgehead atoms. The minimum atomic E-state index is -0.464. The second-order valence-electron chi connectivity index (χ2n) is 13.0. The van der Waals surface area contributed by atoms with Crippen molar-refractivity contribution in [3.8, 4) is 0 Å². The highest BCUT2D eigenvalue weighted by Gasteiger charge is 2.34. The molecule has 3 fully saturated rings. The minimum absolute atomic E-state index is 0.302. The molecule has 1 aliphatic heterocycles. The van der Waals surface area contributed by atoms with Gasteiger partial charge in [-0.15, -0.1) is 0 Å². The van der Waals surface area contributed by atoms with Crippen LogP contribution in [0.4, 0.5) is 0 Å². The molecule has 2 aromatic heterocycles. The summed E-state index contributed by atoms with van der Waals surface area (Å²) in [5.74, 6) is 4.37. The maximum absolute atomic E-state index is 10.1. The molecule has 228 valence electrons. The highest BCUT2D eigenvalue weighted by Crippen LogP contribution is 2.36. The fourth-order valence-corrected chi connectivity index (χ4v) is 6.15. The van der Waals surface area contributed by atoms with E-state index < -0.39 is 6.10 Å². The SMILES string of the molecule is CC1CCC(C(C)C)C(OCC(O)Cn2ccnc2)C1.CC1CCC(C(C)C)C(OCC2CO2)C1.c1c[nH]cn1. The first-order chi connectivity index (χ1) is 19.2. The monoisotopic (exact) mass is 560 g/mol. The van der Waals surface area contributed by atoms with Gasteiger partial charge in [-0.25, -0.2) is 9.97 Å². The van der Waals surface area contributed by atoms with E-state index in [0.29, 0.717) is 43.3 Å². The number of epoxide rings is 1. The molecular formula is C32H56N4O4. The van der Waals surface area contributed by atoms with Crippen molar-refractivity contribution in [2.24, 2.45) is 35.5 Å². The van der Waals surface area contributed by atoms with Crippen LogP contribution in [0.15, 0.2) is 37.4 Å². The number of imidazole rings is 2. The predicted molar refractivity (Wildman–Crippen MR) is 159 cm³/mol. The average molecular weight is 561 g/mol. The summed E-state index contributed by atoms with van der Waals surface area (Å²) in [5.41, 5.74) is 0. The molecule has 8 atom stereocenters. The lowest BCUT2D eigenvalue weighted by Gasteiger charge is -2.37. The molecule has 3 heterocycles. The van der Waals surface area contributed by atoms with Gasteiger partial charge in [0.25, 0.3) is 0 Å². The van der Waals surface area contributed by atoms with Crippen molar-refractivity contribution in [2.45, 2.75) is 111 Å². The second-order valence-corrected chi connectivity index (χ2v) is 13.0. The van der Waals surface area contributed by atoms with Crippen molar-refractivity contribution in [3.63, 3.8) is 0 Å². The van der Waals surface area contributed by atoms with E-state index in [2.05, 4.69) is 56.5 Å². The van der Waals surface area contributed by atoms with E-state index in [0.717, 1.165) is 43.3 Å². The molecule has 5 rings (SSSR count). The summed E-state index contributed by atoms with van der Waals surface area (Å²) in [6.45, 7) is 16.5. The van der Waals surface area contributed by atoms with Crippen molar-refractivity contribution in [3.05, 3.63) is 37.4 Å². The summed E-state index contributed by atoms with van der Waals surface area (Å²) in [6.07, 6.45) is 18.8. The summed E-state index contributed by atoms with van der Waals surface area (Å²) in [7, 11) is 0. The zero-order valence-electron chi connectivity index (χ0n) is 25.8. The van der Waals surface area contributed by atoms with Crippen LogP contribution >= 0.6 is 0 Å². The molecule has 0 aromatic carbocycles. The van der Waals surface area contributed by atoms with E-state index in [4.69, 9.17) is 14.2 Å². The Morgan fingerprint density at radius 1 is 0.925 bits per heavy atom. The van der Waals surface area contributed by atoms with Gasteiger partial charge in [-0.3, -0.25) is 0 Å². The van der Waals surface area contributed by atoms with E-state index in [1.54, 1.807) is 31.2 Å². The van der Waals surface area contributed by atoms with Gasteiger partial charge in [0.1, 0.15) is 6.10 Å². The Kier molecular flexibility index (Phi) is 14.1. The third kappa shape index (κ3) is 12.0. The first-order valence-electron chi connectivity index (χ1n) is 15.6. The van der Waals surface area contributed by atoms with Gasteiger partial charge < -0.3 is 28.9 Å². The quantitative estimate of drug-likeness (QED) is 0.346. The number of hydrogen-bond donors (Lipinski definition) is 2. The molecule has 2 aliphatic carbocycles. The first kappa shape index (κ1) is 32.8. The number of rotatable bonds is 10. The smallest absolute Gasteiger partial charge is 0.104 e. The zero-order chi connectivity index (χ0) is 28.9. The predicted octanol–water partition coefficient (Wildman–Crippen LogP) is 5.99. The fraction of sp³-hybridized carbons (Fsp3) is 0.812. The number of aromatic nitrogens is 4. The molecule has 8 heteroatoms. The lowest BCUT2D eigenvalue weighted by molar-refractivity contribution is -0.0716. The van der Waals surface area contributed by atoms with Gasteiger partial charge in [0.15, 0.2) is 0 Å². The lowest BCUT2D eigenvalue weighted by Crippen LogP contribution is -2.36. The molecule has 2 aromatic rings. The van der Waals surface area contributed by atoms with Gasteiger partial charge in [-0.1, -0.05) is 54.4 Å². The Labute approximate surface area is 242 Å². The Morgan fingerprint density at radius 3 is 2.00 bits per heavy atom. The maximum atomic E-state index is 10.1. The molecule has 0 radical (unpaired) electrons. The topological polar surface area (TPSA) is 97.7 Å². The number of hydrogen-bond acceptors (Lipinski definition) is 6. The van der Waals surface area contributed by atoms with Crippen LogP contribution in [-0.2, 0) is 20.8 Å². The van der Waals surface area contributed by atoms with Crippen LogP contribution in [0.1, 0.15) is 80.1 Å². The largest absolute Gasteiger partial charge is 0.389 e. The van der Waals surface area contributed by atoms with E-state index in [1.165, 1.54) is 32.1 Å². The molecule has 0 amide bonds. The fourth-order valence-electron chi connectivity index (χ4n) is 6.15. The Bertz CT molecular complexity index is 854. The number of H-pyrrole nitrogens is 1. The molecule has 8 nitrogen and oxygen atoms in total. The number of aliphatic hydroxyl groups is 1. The Hall–Kier alpha value is -1.74. The van der Waals surface area contributed by atoms with Crippen LogP contribution in [0.2, 0.25) is 0 Å². The number of nitrogens with zero attached hydrogens (tertiary/aromatic N) is 3. The maximum Gasteiger partial charge on any atom is 0.104 e. The summed E-state index contributed by atoms with van der Waals surface area (Å²) in [4.78, 5) is 10.4. The van der Waals surface area contributed by atoms with Crippen molar-refractivity contribution < 1.29 is 19.3 Å². The zero-order valence-corrected chi connectivity index (χ0v) is 25.8. The third-order valence-corrected chi connectivity index (χ3v) is 8.71. The van der Waals surface area contributed by atoms with Gasteiger partial charge in [0.2, 0.25) is 0 Å². The molecular weight excluding hydrogens is 504 g/mol. The third-order valence-electron chi connectivity index (χ3n) is 8.71. The lowest BCUT2D eigenvalue weighted by atomic mass is 9.75. The summed E-state index contributed by atoms with van der Waals surface area (Å²) < 4.78 is 19.2. The molecule has 40 heavy (non-hydrogen) atoms. The normalized spacial score (nSPS) is 30.7. The number of nitrogens with one attached hydrogen (secondary N) is 1. The van der Waals surface area contributed by atoms with Crippen LogP contribution < -0.4 is 0 Å². The van der Waals surface area contributed by atoms with Crippen molar-refractivity contribution in [1.29, 1.82) is 0 Å². The molecule has 0 spiro atoms. The van der Waals surface area contributed by atoms with Crippen LogP contribution in [0.3, 0.4) is 0 Å². The van der Waals surface area contributed by atoms with Gasteiger partial charge >= 0.3 is 0 Å². The Morgan fingerprint density at radius 2 is 1.55 bits per heavy atom. The van der Waals surface area contributed by atoms with E-state index in [1.807, 2.05) is 10.8 Å². The van der Waals surface area contributed by atoms with Crippen molar-refractivity contribution in [1.82, 2.24) is 19.5 Å². The Balaban J connectivity index is 0.000000192. The van der Waals surface area contributed by atoms with E-state index >= 15 is 0 Å². The minimum Gasteiger partial charge on any atom is -0.389 e. The number of aromatic amines is 1. The molecule has 2 N–H and O–H groups in total. The molecule has 3 aliphatic rings. The first-order valence-corrected chi connectivity index (χ1v) is 15.6. The van der Waals surface area contributed by atoms with Crippen LogP contribution in [0, 0.1) is 35.5 Å². The van der Waals surface area contributed by atoms with Gasteiger partial charge in [-0.05, 0) is 61.2 Å². The molecule has 2 saturated carbocycles. The number of ether oxygens (including phenoxy) is 3. The molecule has 1 saturated heterocycles. The van der Waals surface area contributed by atoms with Crippen LogP contribution in [0.25, 0.3) is 0 Å². The summed E-state index contributed by atoms with van der Waals surface area (Å²) in [5, 5.41) is 10.1.